The molecule has 0 amide bonds. The van der Waals surface area contributed by atoms with Crippen molar-refractivity contribution in [1.82, 2.24) is 4.57 Å². The molecule has 0 unspecified atom stereocenters. The number of ether oxygens (including phenoxy) is 2. The van der Waals surface area contributed by atoms with Crippen LogP contribution in [-0.4, -0.2) is 28.8 Å². The van der Waals surface area contributed by atoms with E-state index >= 15 is 0 Å². The molecule has 1 rings (SSSR count). The zero-order valence-electron chi connectivity index (χ0n) is 11.4. The molecule has 100 valence electrons. The number of nitrogens with zero attached hydrogens (tertiary/aromatic N) is 1. The van der Waals surface area contributed by atoms with Crippen molar-refractivity contribution < 1.29 is 19.1 Å². The van der Waals surface area contributed by atoms with Crippen molar-refractivity contribution in [3.63, 3.8) is 0 Å². The SMILES string of the molecule is CCOC(=O)c1cc(C)cn1C(=O)OC(C)(C)C. The molecule has 5 heteroatoms. The van der Waals surface area contributed by atoms with Crippen LogP contribution in [0.2, 0.25) is 0 Å². The minimum atomic E-state index is -0.610. The highest BCUT2D eigenvalue weighted by atomic mass is 16.6. The summed E-state index contributed by atoms with van der Waals surface area (Å²) in [4.78, 5) is 23.6. The van der Waals surface area contributed by atoms with Gasteiger partial charge in [0.25, 0.3) is 0 Å². The monoisotopic (exact) mass is 253 g/mol. The smallest absolute Gasteiger partial charge is 0.419 e. The van der Waals surface area contributed by atoms with Gasteiger partial charge in [-0.05, 0) is 46.2 Å². The Kier molecular flexibility index (Phi) is 4.16. The van der Waals surface area contributed by atoms with Crippen LogP contribution in [0.25, 0.3) is 0 Å². The van der Waals surface area contributed by atoms with Gasteiger partial charge in [-0.15, -0.1) is 0 Å². The summed E-state index contributed by atoms with van der Waals surface area (Å²) in [5.74, 6) is -0.531. The largest absolute Gasteiger partial charge is 0.461 e. The Labute approximate surface area is 107 Å². The van der Waals surface area contributed by atoms with Crippen LogP contribution in [0, 0.1) is 6.92 Å². The third kappa shape index (κ3) is 3.61. The molecule has 0 fully saturated rings. The highest BCUT2D eigenvalue weighted by Gasteiger charge is 2.23. The first-order valence-corrected chi connectivity index (χ1v) is 5.84. The average molecular weight is 253 g/mol. The van der Waals surface area contributed by atoms with Crippen molar-refractivity contribution in [3.8, 4) is 0 Å². The van der Waals surface area contributed by atoms with Crippen LogP contribution in [0.5, 0.6) is 0 Å². The molecule has 0 spiro atoms. The molecule has 0 aromatic carbocycles. The van der Waals surface area contributed by atoms with Gasteiger partial charge in [0, 0.05) is 6.20 Å². The van der Waals surface area contributed by atoms with E-state index in [1.165, 1.54) is 4.57 Å². The number of aryl methyl sites for hydroxylation is 1. The van der Waals surface area contributed by atoms with Gasteiger partial charge in [-0.25, -0.2) is 14.2 Å². The second-order valence-electron chi connectivity index (χ2n) is 4.97. The summed E-state index contributed by atoms with van der Waals surface area (Å²) in [6, 6.07) is 1.60. The Hall–Kier alpha value is -1.78. The molecule has 0 aliphatic rings. The van der Waals surface area contributed by atoms with Gasteiger partial charge in [-0.2, -0.15) is 0 Å². The average Bonchev–Trinajstić information content (AvgIpc) is 2.58. The maximum absolute atomic E-state index is 11.9. The Morgan fingerprint density at radius 3 is 2.44 bits per heavy atom. The van der Waals surface area contributed by atoms with Crippen molar-refractivity contribution in [2.45, 2.75) is 40.2 Å². The topological polar surface area (TPSA) is 57.5 Å². The third-order valence-electron chi connectivity index (χ3n) is 2.03. The summed E-state index contributed by atoms with van der Waals surface area (Å²) < 4.78 is 11.3. The van der Waals surface area contributed by atoms with Gasteiger partial charge in [-0.3, -0.25) is 0 Å². The van der Waals surface area contributed by atoms with Gasteiger partial charge in [0.05, 0.1) is 6.61 Å². The van der Waals surface area contributed by atoms with E-state index in [0.717, 1.165) is 5.56 Å². The van der Waals surface area contributed by atoms with Gasteiger partial charge in [-0.1, -0.05) is 0 Å². The highest BCUT2D eigenvalue weighted by Crippen LogP contribution is 2.14. The summed E-state index contributed by atoms with van der Waals surface area (Å²) in [5, 5.41) is 0. The van der Waals surface area contributed by atoms with Crippen LogP contribution in [0.4, 0.5) is 4.79 Å². The summed E-state index contributed by atoms with van der Waals surface area (Å²) >= 11 is 0. The number of hydrogen-bond acceptors (Lipinski definition) is 4. The lowest BCUT2D eigenvalue weighted by atomic mass is 10.2. The molecule has 0 aliphatic carbocycles. The second-order valence-corrected chi connectivity index (χ2v) is 4.97. The number of carbonyl (C=O) groups excluding carboxylic acids is 2. The standard InChI is InChI=1S/C13H19NO4/c1-6-17-11(15)10-7-9(2)8-14(10)12(16)18-13(3,4)5/h7-8H,6H2,1-5H3. The fourth-order valence-electron chi connectivity index (χ4n) is 1.42. The molecule has 1 aromatic rings. The molecule has 0 N–H and O–H groups in total. The van der Waals surface area contributed by atoms with Gasteiger partial charge < -0.3 is 9.47 Å². The van der Waals surface area contributed by atoms with Crippen LogP contribution in [0.15, 0.2) is 12.3 Å². The lowest BCUT2D eigenvalue weighted by molar-refractivity contribution is 0.0449. The van der Waals surface area contributed by atoms with E-state index < -0.39 is 17.7 Å². The molecule has 18 heavy (non-hydrogen) atoms. The molecule has 0 aliphatic heterocycles. The normalized spacial score (nSPS) is 11.2. The van der Waals surface area contributed by atoms with E-state index in [2.05, 4.69) is 0 Å². The first-order valence-electron chi connectivity index (χ1n) is 5.84. The minimum absolute atomic E-state index is 0.184. The number of aromatic nitrogens is 1. The quantitative estimate of drug-likeness (QED) is 0.760. The van der Waals surface area contributed by atoms with Crippen molar-refractivity contribution in [3.05, 3.63) is 23.5 Å². The Morgan fingerprint density at radius 2 is 1.94 bits per heavy atom. The molecular weight excluding hydrogens is 234 g/mol. The van der Waals surface area contributed by atoms with Gasteiger partial charge in [0.2, 0.25) is 0 Å². The fraction of sp³-hybridized carbons (Fsp3) is 0.538. The summed E-state index contributed by atoms with van der Waals surface area (Å²) in [6.07, 6.45) is 0.971. The van der Waals surface area contributed by atoms with Crippen LogP contribution >= 0.6 is 0 Å². The predicted molar refractivity (Wildman–Crippen MR) is 66.8 cm³/mol. The number of hydrogen-bond donors (Lipinski definition) is 0. The number of carbonyl (C=O) groups is 2. The van der Waals surface area contributed by atoms with Crippen molar-refractivity contribution in [1.29, 1.82) is 0 Å². The third-order valence-corrected chi connectivity index (χ3v) is 2.03. The summed E-state index contributed by atoms with van der Waals surface area (Å²) in [5.41, 5.74) is 0.369. The van der Waals surface area contributed by atoms with Crippen LogP contribution < -0.4 is 0 Å². The molecular formula is C13H19NO4. The molecule has 1 aromatic heterocycles. The first kappa shape index (κ1) is 14.3. The second kappa shape index (κ2) is 5.25. The van der Waals surface area contributed by atoms with Crippen LogP contribution in [0.1, 0.15) is 43.7 Å². The Balaban J connectivity index is 3.02. The number of esters is 1. The molecule has 0 saturated carbocycles. The molecule has 0 bridgehead atoms. The zero-order chi connectivity index (χ0) is 13.9. The fourth-order valence-corrected chi connectivity index (χ4v) is 1.42. The molecule has 0 atom stereocenters. The maximum atomic E-state index is 11.9. The lowest BCUT2D eigenvalue weighted by Gasteiger charge is -2.20. The Bertz CT molecular complexity index is 454. The molecule has 0 saturated heterocycles. The summed E-state index contributed by atoms with van der Waals surface area (Å²) in [7, 11) is 0. The highest BCUT2D eigenvalue weighted by molar-refractivity contribution is 5.92. The number of rotatable bonds is 2. The van der Waals surface area contributed by atoms with Gasteiger partial charge in [0.15, 0.2) is 0 Å². The van der Waals surface area contributed by atoms with Crippen LogP contribution in [0.3, 0.4) is 0 Å². The molecule has 1 heterocycles. The predicted octanol–water partition coefficient (Wildman–Crippen LogP) is 2.76. The van der Waals surface area contributed by atoms with E-state index in [1.807, 2.05) is 0 Å². The molecule has 5 nitrogen and oxygen atoms in total. The van der Waals surface area contributed by atoms with Gasteiger partial charge in [0.1, 0.15) is 11.3 Å². The zero-order valence-corrected chi connectivity index (χ0v) is 11.4. The van der Waals surface area contributed by atoms with E-state index in [0.29, 0.717) is 0 Å². The van der Waals surface area contributed by atoms with E-state index in [1.54, 1.807) is 46.9 Å². The maximum Gasteiger partial charge on any atom is 0.419 e. The molecule has 0 radical (unpaired) electrons. The van der Waals surface area contributed by atoms with Crippen molar-refractivity contribution in [2.24, 2.45) is 0 Å². The minimum Gasteiger partial charge on any atom is -0.461 e. The Morgan fingerprint density at radius 1 is 1.33 bits per heavy atom. The first-order chi connectivity index (χ1) is 8.24. The van der Waals surface area contributed by atoms with E-state index in [9.17, 15) is 9.59 Å². The van der Waals surface area contributed by atoms with E-state index in [-0.39, 0.29) is 12.3 Å². The van der Waals surface area contributed by atoms with Crippen molar-refractivity contribution in [2.75, 3.05) is 6.61 Å². The van der Waals surface area contributed by atoms with Gasteiger partial charge >= 0.3 is 12.1 Å². The van der Waals surface area contributed by atoms with Crippen molar-refractivity contribution >= 4 is 12.1 Å². The van der Waals surface area contributed by atoms with E-state index in [4.69, 9.17) is 9.47 Å². The van der Waals surface area contributed by atoms with Crippen LogP contribution in [-0.2, 0) is 9.47 Å². The lowest BCUT2D eigenvalue weighted by Crippen LogP contribution is -2.28. The summed E-state index contributed by atoms with van der Waals surface area (Å²) in [6.45, 7) is 9.08.